The fourth-order valence-electron chi connectivity index (χ4n) is 1.24. The molecule has 0 bridgehead atoms. The Morgan fingerprint density at radius 3 is 2.43 bits per heavy atom. The highest BCUT2D eigenvalue weighted by Crippen LogP contribution is 2.24. The fraction of sp³-hybridized carbons (Fsp3) is 0.455. The van der Waals surface area contributed by atoms with Crippen LogP contribution < -0.4 is 4.43 Å². The maximum atomic E-state index is 6.02. The fourth-order valence-corrected chi connectivity index (χ4v) is 2.32. The number of hydrogen-bond donors (Lipinski definition) is 0. The molecule has 0 N–H and O–H groups in total. The lowest BCUT2D eigenvalue weighted by Crippen LogP contribution is -2.29. The molecule has 0 radical (unpaired) electrons. The molecule has 14 heavy (non-hydrogen) atoms. The molecule has 0 saturated carbocycles. The van der Waals surface area contributed by atoms with Crippen LogP contribution in [0.5, 0.6) is 5.75 Å². The molecule has 1 nitrogen and oxygen atoms in total. The smallest absolute Gasteiger partial charge is 0.242 e. The molecule has 1 aromatic rings. The predicted octanol–water partition coefficient (Wildman–Crippen LogP) is 4.12. The van der Waals surface area contributed by atoms with Crippen LogP contribution in [0.2, 0.25) is 24.7 Å². The monoisotopic (exact) mass is 228 g/mol. The summed E-state index contributed by atoms with van der Waals surface area (Å²) in [4.78, 5) is 0. The van der Waals surface area contributed by atoms with Gasteiger partial charge in [-0.25, -0.2) is 0 Å². The van der Waals surface area contributed by atoms with Crippen LogP contribution >= 0.6 is 11.6 Å². The molecule has 1 aromatic carbocycles. The van der Waals surface area contributed by atoms with Crippen LogP contribution in [0.3, 0.4) is 0 Å². The van der Waals surface area contributed by atoms with Gasteiger partial charge in [0, 0.05) is 5.02 Å². The third-order valence-corrected chi connectivity index (χ3v) is 3.04. The Bertz CT molecular complexity index is 318. The minimum atomic E-state index is -1.49. The zero-order valence-electron chi connectivity index (χ0n) is 9.23. The molecule has 0 saturated heterocycles. The molecule has 0 atom stereocenters. The average molecular weight is 229 g/mol. The molecule has 0 aliphatic rings. The largest absolute Gasteiger partial charge is 0.544 e. The molecular weight excluding hydrogens is 212 g/mol. The van der Waals surface area contributed by atoms with Gasteiger partial charge in [-0.2, -0.15) is 0 Å². The van der Waals surface area contributed by atoms with Gasteiger partial charge < -0.3 is 4.43 Å². The van der Waals surface area contributed by atoms with Gasteiger partial charge in [-0.15, -0.1) is 0 Å². The van der Waals surface area contributed by atoms with Gasteiger partial charge in [0.1, 0.15) is 5.75 Å². The molecular formula is C11H17ClOSi. The first-order valence-electron chi connectivity index (χ1n) is 4.90. The zero-order valence-corrected chi connectivity index (χ0v) is 11.0. The van der Waals surface area contributed by atoms with Gasteiger partial charge in [-0.3, -0.25) is 0 Å². The second kappa shape index (κ2) is 4.37. The van der Waals surface area contributed by atoms with E-state index in [0.29, 0.717) is 0 Å². The van der Waals surface area contributed by atoms with E-state index in [-0.39, 0.29) is 0 Å². The third kappa shape index (κ3) is 3.35. The summed E-state index contributed by atoms with van der Waals surface area (Å²) < 4.78 is 5.88. The number of halogens is 1. The SMILES string of the molecule is CCc1cc(O[Si](C)(C)C)ccc1Cl. The molecule has 0 amide bonds. The third-order valence-electron chi connectivity index (χ3n) is 1.82. The van der Waals surface area contributed by atoms with Crippen molar-refractivity contribution in [3.63, 3.8) is 0 Å². The Kier molecular flexibility index (Phi) is 3.62. The second-order valence-electron chi connectivity index (χ2n) is 4.32. The second-order valence-corrected chi connectivity index (χ2v) is 9.16. The first-order chi connectivity index (χ1) is 6.42. The van der Waals surface area contributed by atoms with Crippen LogP contribution in [0.1, 0.15) is 12.5 Å². The van der Waals surface area contributed by atoms with Gasteiger partial charge in [0.25, 0.3) is 0 Å². The summed E-state index contributed by atoms with van der Waals surface area (Å²) >= 11 is 6.02. The van der Waals surface area contributed by atoms with Crippen LogP contribution in [0, 0.1) is 0 Å². The molecule has 0 aromatic heterocycles. The van der Waals surface area contributed by atoms with Crippen molar-refractivity contribution >= 4 is 19.9 Å². The summed E-state index contributed by atoms with van der Waals surface area (Å²) in [5.74, 6) is 0.949. The van der Waals surface area contributed by atoms with Crippen molar-refractivity contribution in [3.05, 3.63) is 28.8 Å². The zero-order chi connectivity index (χ0) is 10.8. The molecule has 3 heteroatoms. The van der Waals surface area contributed by atoms with E-state index in [2.05, 4.69) is 26.6 Å². The molecule has 1 rings (SSSR count). The number of hydrogen-bond acceptors (Lipinski definition) is 1. The normalized spacial score (nSPS) is 11.5. The number of benzene rings is 1. The lowest BCUT2D eigenvalue weighted by molar-refractivity contribution is 0.557. The van der Waals surface area contributed by atoms with E-state index in [0.717, 1.165) is 22.8 Å². The number of aryl methyl sites for hydroxylation is 1. The molecule has 0 unspecified atom stereocenters. The quantitative estimate of drug-likeness (QED) is 0.708. The van der Waals surface area contributed by atoms with Crippen molar-refractivity contribution in [2.45, 2.75) is 33.0 Å². The van der Waals surface area contributed by atoms with E-state index in [1.807, 2.05) is 18.2 Å². The van der Waals surface area contributed by atoms with Crippen LogP contribution in [0.25, 0.3) is 0 Å². The Labute approximate surface area is 92.2 Å². The van der Waals surface area contributed by atoms with Crippen LogP contribution in [0.4, 0.5) is 0 Å². The highest BCUT2D eigenvalue weighted by atomic mass is 35.5. The van der Waals surface area contributed by atoms with Crippen LogP contribution in [-0.4, -0.2) is 8.32 Å². The Hall–Kier alpha value is -0.473. The Balaban J connectivity index is 2.90. The van der Waals surface area contributed by atoms with Gasteiger partial charge in [0.05, 0.1) is 0 Å². The molecule has 0 aliphatic heterocycles. The average Bonchev–Trinajstić information content (AvgIpc) is 2.06. The summed E-state index contributed by atoms with van der Waals surface area (Å²) in [7, 11) is -1.49. The van der Waals surface area contributed by atoms with Crippen molar-refractivity contribution in [2.75, 3.05) is 0 Å². The van der Waals surface area contributed by atoms with E-state index in [9.17, 15) is 0 Å². The highest BCUT2D eigenvalue weighted by Gasteiger charge is 2.16. The summed E-state index contributed by atoms with van der Waals surface area (Å²) in [5.41, 5.74) is 1.16. The van der Waals surface area contributed by atoms with Crippen LogP contribution in [-0.2, 0) is 6.42 Å². The van der Waals surface area contributed by atoms with E-state index in [1.54, 1.807) is 0 Å². The summed E-state index contributed by atoms with van der Waals surface area (Å²) in [6.45, 7) is 8.62. The van der Waals surface area contributed by atoms with E-state index >= 15 is 0 Å². The van der Waals surface area contributed by atoms with Gasteiger partial charge in [0.15, 0.2) is 0 Å². The van der Waals surface area contributed by atoms with Gasteiger partial charge in [-0.05, 0) is 49.8 Å². The molecule has 0 spiro atoms. The summed E-state index contributed by atoms with van der Waals surface area (Å²) in [6, 6.07) is 5.90. The topological polar surface area (TPSA) is 9.23 Å². The lowest BCUT2D eigenvalue weighted by Gasteiger charge is -2.19. The van der Waals surface area contributed by atoms with E-state index in [1.165, 1.54) is 0 Å². The predicted molar refractivity (Wildman–Crippen MR) is 64.8 cm³/mol. The maximum absolute atomic E-state index is 6.02. The minimum absolute atomic E-state index is 0.829. The maximum Gasteiger partial charge on any atom is 0.242 e. The number of rotatable bonds is 3. The van der Waals surface area contributed by atoms with Crippen LogP contribution in [0.15, 0.2) is 18.2 Å². The van der Waals surface area contributed by atoms with Gasteiger partial charge >= 0.3 is 0 Å². The molecule has 0 heterocycles. The van der Waals surface area contributed by atoms with E-state index < -0.39 is 8.32 Å². The lowest BCUT2D eigenvalue weighted by atomic mass is 10.2. The van der Waals surface area contributed by atoms with Crippen molar-refractivity contribution in [2.24, 2.45) is 0 Å². The van der Waals surface area contributed by atoms with Gasteiger partial charge in [0.2, 0.25) is 8.32 Å². The first-order valence-corrected chi connectivity index (χ1v) is 8.68. The van der Waals surface area contributed by atoms with Crippen molar-refractivity contribution < 1.29 is 4.43 Å². The molecule has 0 fully saturated rings. The molecule has 78 valence electrons. The van der Waals surface area contributed by atoms with Gasteiger partial charge in [-0.1, -0.05) is 18.5 Å². The standard InChI is InChI=1S/C11H17ClOSi/c1-5-9-8-10(6-7-11(9)12)13-14(2,3)4/h6-8H,5H2,1-4H3. The van der Waals surface area contributed by atoms with Crippen molar-refractivity contribution in [3.8, 4) is 5.75 Å². The minimum Gasteiger partial charge on any atom is -0.544 e. The summed E-state index contributed by atoms with van der Waals surface area (Å²) in [6.07, 6.45) is 0.946. The van der Waals surface area contributed by atoms with E-state index in [4.69, 9.17) is 16.0 Å². The first kappa shape index (κ1) is 11.6. The van der Waals surface area contributed by atoms with Crippen molar-refractivity contribution in [1.82, 2.24) is 0 Å². The molecule has 0 aliphatic carbocycles. The van der Waals surface area contributed by atoms with Crippen molar-refractivity contribution in [1.29, 1.82) is 0 Å². The Morgan fingerprint density at radius 1 is 1.29 bits per heavy atom. The Morgan fingerprint density at radius 2 is 1.93 bits per heavy atom. The highest BCUT2D eigenvalue weighted by molar-refractivity contribution is 6.70. The summed E-state index contributed by atoms with van der Waals surface area (Å²) in [5, 5.41) is 0.829.